The van der Waals surface area contributed by atoms with Gasteiger partial charge in [0.25, 0.3) is 5.91 Å². The van der Waals surface area contributed by atoms with Crippen LogP contribution in [0.25, 0.3) is 11.3 Å². The monoisotopic (exact) mass is 407 g/mol. The molecular formula is C19H13F4N3O3. The first-order chi connectivity index (χ1) is 13.6. The molecule has 2 aromatic carbocycles. The molecule has 0 spiro atoms. The summed E-state index contributed by atoms with van der Waals surface area (Å²) in [7, 11) is 1.54. The van der Waals surface area contributed by atoms with Gasteiger partial charge < -0.3 is 14.8 Å². The lowest BCUT2D eigenvalue weighted by Crippen LogP contribution is -2.25. The number of carbonyl (C=O) groups excluding carboxylic acids is 1. The van der Waals surface area contributed by atoms with Crippen molar-refractivity contribution >= 4 is 11.6 Å². The molecule has 1 N–H and O–H groups in total. The zero-order valence-electron chi connectivity index (χ0n) is 15.1. The summed E-state index contributed by atoms with van der Waals surface area (Å²) in [5.74, 6) is -2.95. The van der Waals surface area contributed by atoms with Gasteiger partial charge in [-0.15, -0.1) is 8.78 Å². The number of nitrogens with one attached hydrogen (secondary N) is 1. The second kappa shape index (κ2) is 6.50. The minimum atomic E-state index is -3.76. The molecule has 6 nitrogen and oxygen atoms in total. The molecular weight excluding hydrogens is 394 g/mol. The third-order valence-electron chi connectivity index (χ3n) is 4.34. The third-order valence-corrected chi connectivity index (χ3v) is 4.34. The second-order valence-corrected chi connectivity index (χ2v) is 6.37. The molecule has 2 heterocycles. The molecule has 29 heavy (non-hydrogen) atoms. The van der Waals surface area contributed by atoms with E-state index in [1.165, 1.54) is 36.0 Å². The highest BCUT2D eigenvalue weighted by Crippen LogP contribution is 2.44. The van der Waals surface area contributed by atoms with E-state index in [1.54, 1.807) is 6.92 Å². The molecule has 1 amide bonds. The Hall–Kier alpha value is -3.56. The summed E-state index contributed by atoms with van der Waals surface area (Å²) < 4.78 is 64.3. The largest absolute Gasteiger partial charge is 0.586 e. The lowest BCUT2D eigenvalue weighted by molar-refractivity contribution is -0.286. The fraction of sp³-hybridized carbons (Fsp3) is 0.158. The Morgan fingerprint density at radius 3 is 2.38 bits per heavy atom. The van der Waals surface area contributed by atoms with Crippen molar-refractivity contribution in [2.45, 2.75) is 13.2 Å². The average molecular weight is 407 g/mol. The summed E-state index contributed by atoms with van der Waals surface area (Å²) in [4.78, 5) is 12.4. The molecule has 10 heteroatoms. The SMILES string of the molecule is Cc1cc2c(cc1-c1cc(C(=O)Nc3c(F)cccc3F)nn1C)OC(F)(F)O2. The number of halogens is 4. The van der Waals surface area contributed by atoms with Gasteiger partial charge in [0.15, 0.2) is 17.2 Å². The first-order valence-corrected chi connectivity index (χ1v) is 8.35. The molecule has 0 aliphatic carbocycles. The van der Waals surface area contributed by atoms with Crippen LogP contribution in [0.4, 0.5) is 23.2 Å². The number of carbonyl (C=O) groups is 1. The van der Waals surface area contributed by atoms with Gasteiger partial charge in [-0.3, -0.25) is 9.48 Å². The minimum absolute atomic E-state index is 0.105. The lowest BCUT2D eigenvalue weighted by Gasteiger charge is -2.07. The Labute approximate surface area is 161 Å². The minimum Gasteiger partial charge on any atom is -0.395 e. The number of hydrogen-bond acceptors (Lipinski definition) is 4. The molecule has 0 saturated heterocycles. The molecule has 4 rings (SSSR count). The zero-order valence-corrected chi connectivity index (χ0v) is 15.1. The van der Waals surface area contributed by atoms with E-state index in [0.717, 1.165) is 12.1 Å². The molecule has 1 aliphatic rings. The highest BCUT2D eigenvalue weighted by atomic mass is 19.3. The number of fused-ring (bicyclic) bond motifs is 1. The number of hydrogen-bond donors (Lipinski definition) is 1. The molecule has 1 aliphatic heterocycles. The number of alkyl halides is 2. The highest BCUT2D eigenvalue weighted by Gasteiger charge is 2.43. The van der Waals surface area contributed by atoms with E-state index in [0.29, 0.717) is 16.8 Å². The Bertz CT molecular complexity index is 1120. The van der Waals surface area contributed by atoms with Crippen molar-refractivity contribution in [1.82, 2.24) is 9.78 Å². The van der Waals surface area contributed by atoms with Gasteiger partial charge >= 0.3 is 6.29 Å². The predicted octanol–water partition coefficient (Wildman–Crippen LogP) is 4.25. The van der Waals surface area contributed by atoms with Gasteiger partial charge in [-0.25, -0.2) is 8.78 Å². The van der Waals surface area contributed by atoms with E-state index in [9.17, 15) is 22.4 Å². The van der Waals surface area contributed by atoms with Gasteiger partial charge in [0.1, 0.15) is 17.3 Å². The first-order valence-electron chi connectivity index (χ1n) is 8.35. The van der Waals surface area contributed by atoms with Crippen molar-refractivity contribution in [3.63, 3.8) is 0 Å². The highest BCUT2D eigenvalue weighted by molar-refractivity contribution is 6.03. The van der Waals surface area contributed by atoms with E-state index in [-0.39, 0.29) is 17.2 Å². The summed E-state index contributed by atoms with van der Waals surface area (Å²) in [6.07, 6.45) is -3.76. The van der Waals surface area contributed by atoms with Crippen LogP contribution in [0.1, 0.15) is 16.1 Å². The quantitative estimate of drug-likeness (QED) is 0.660. The first kappa shape index (κ1) is 18.8. The number of anilines is 1. The van der Waals surface area contributed by atoms with Crippen LogP contribution in [0, 0.1) is 18.6 Å². The molecule has 0 saturated carbocycles. The normalized spacial score (nSPS) is 14.1. The van der Waals surface area contributed by atoms with Crippen LogP contribution < -0.4 is 14.8 Å². The number of benzene rings is 2. The topological polar surface area (TPSA) is 65.4 Å². The van der Waals surface area contributed by atoms with Crippen molar-refractivity contribution in [3.8, 4) is 22.8 Å². The van der Waals surface area contributed by atoms with Gasteiger partial charge in [-0.05, 0) is 42.8 Å². The Kier molecular flexibility index (Phi) is 4.21. The van der Waals surface area contributed by atoms with Gasteiger partial charge in [-0.2, -0.15) is 5.10 Å². The molecule has 0 radical (unpaired) electrons. The van der Waals surface area contributed by atoms with Crippen LogP contribution in [0.3, 0.4) is 0 Å². The second-order valence-electron chi connectivity index (χ2n) is 6.37. The summed E-state index contributed by atoms with van der Waals surface area (Å²) in [5.41, 5.74) is 0.735. The van der Waals surface area contributed by atoms with Crippen molar-refractivity contribution < 1.29 is 31.8 Å². The van der Waals surface area contributed by atoms with Crippen molar-refractivity contribution in [2.75, 3.05) is 5.32 Å². The summed E-state index contributed by atoms with van der Waals surface area (Å²) >= 11 is 0. The average Bonchev–Trinajstić information content (AvgIpc) is 3.15. The number of ether oxygens (including phenoxy) is 2. The number of aryl methyl sites for hydroxylation is 2. The van der Waals surface area contributed by atoms with E-state index in [4.69, 9.17) is 0 Å². The van der Waals surface area contributed by atoms with Gasteiger partial charge in [0, 0.05) is 12.6 Å². The fourth-order valence-electron chi connectivity index (χ4n) is 3.00. The fourth-order valence-corrected chi connectivity index (χ4v) is 3.00. The Morgan fingerprint density at radius 2 is 1.72 bits per heavy atom. The number of para-hydroxylation sites is 1. The molecule has 0 unspecified atom stereocenters. The molecule has 0 atom stereocenters. The third kappa shape index (κ3) is 3.37. The zero-order chi connectivity index (χ0) is 20.9. The molecule has 0 fully saturated rings. The number of nitrogens with zero attached hydrogens (tertiary/aromatic N) is 2. The van der Waals surface area contributed by atoms with E-state index < -0.39 is 29.5 Å². The lowest BCUT2D eigenvalue weighted by atomic mass is 10.0. The molecule has 1 aromatic heterocycles. The van der Waals surface area contributed by atoms with Crippen molar-refractivity contribution in [3.05, 3.63) is 59.3 Å². The van der Waals surface area contributed by atoms with E-state index >= 15 is 0 Å². The smallest absolute Gasteiger partial charge is 0.395 e. The van der Waals surface area contributed by atoms with Crippen molar-refractivity contribution in [2.24, 2.45) is 7.05 Å². The summed E-state index contributed by atoms with van der Waals surface area (Å²) in [5, 5.41) is 6.19. The maximum atomic E-state index is 13.8. The molecule has 150 valence electrons. The van der Waals surface area contributed by atoms with Crippen LogP contribution in [0.15, 0.2) is 36.4 Å². The van der Waals surface area contributed by atoms with Crippen LogP contribution in [0.2, 0.25) is 0 Å². The predicted molar refractivity (Wildman–Crippen MR) is 93.9 cm³/mol. The van der Waals surface area contributed by atoms with Crippen LogP contribution in [-0.2, 0) is 7.05 Å². The number of rotatable bonds is 3. The number of amides is 1. The maximum absolute atomic E-state index is 13.8. The van der Waals surface area contributed by atoms with Gasteiger partial charge in [0.05, 0.1) is 5.69 Å². The van der Waals surface area contributed by atoms with Crippen LogP contribution in [0.5, 0.6) is 11.5 Å². The van der Waals surface area contributed by atoms with Crippen molar-refractivity contribution in [1.29, 1.82) is 0 Å². The molecule has 0 bridgehead atoms. The maximum Gasteiger partial charge on any atom is 0.586 e. The standard InChI is InChI=1S/C19H13F4N3O3/c1-9-6-15-16(29-19(22,23)28-15)7-10(9)14-8-13(25-26(14)2)18(27)24-17-11(20)4-3-5-12(17)21/h3-8H,1-2H3,(H,24,27). The van der Waals surface area contributed by atoms with Gasteiger partial charge in [0.2, 0.25) is 0 Å². The molecule has 3 aromatic rings. The van der Waals surface area contributed by atoms with Crippen LogP contribution >= 0.6 is 0 Å². The van der Waals surface area contributed by atoms with Gasteiger partial charge in [-0.1, -0.05) is 6.07 Å². The Balaban J connectivity index is 1.67. The number of aromatic nitrogens is 2. The van der Waals surface area contributed by atoms with E-state index in [2.05, 4.69) is 19.9 Å². The Morgan fingerprint density at radius 1 is 1.10 bits per heavy atom. The van der Waals surface area contributed by atoms with E-state index in [1.807, 2.05) is 0 Å². The summed E-state index contributed by atoms with van der Waals surface area (Å²) in [6.45, 7) is 1.66. The van der Waals surface area contributed by atoms with Crippen LogP contribution in [-0.4, -0.2) is 22.0 Å². The summed E-state index contributed by atoms with van der Waals surface area (Å²) in [6, 6.07) is 7.29.